The first-order chi connectivity index (χ1) is 10.8. The molecule has 1 aromatic rings. The number of likely N-dealkylation sites (tertiary alicyclic amines) is 1. The maximum Gasteiger partial charge on any atom is 0.231 e. The summed E-state index contributed by atoms with van der Waals surface area (Å²) in [5.41, 5.74) is 1.36. The number of carbonyl (C=O) groups is 1. The molecule has 23 heavy (non-hydrogen) atoms. The van der Waals surface area contributed by atoms with Crippen molar-refractivity contribution in [3.8, 4) is 0 Å². The van der Waals surface area contributed by atoms with Crippen molar-refractivity contribution >= 4 is 5.91 Å². The van der Waals surface area contributed by atoms with Crippen LogP contribution in [0.2, 0.25) is 0 Å². The molecule has 1 amide bonds. The minimum Gasteiger partial charge on any atom is -0.342 e. The highest BCUT2D eigenvalue weighted by Crippen LogP contribution is 2.60. The lowest BCUT2D eigenvalue weighted by Crippen LogP contribution is -2.40. The average Bonchev–Trinajstić information content (AvgIpc) is 2.84. The highest BCUT2D eigenvalue weighted by molar-refractivity contribution is 5.84. The topological polar surface area (TPSA) is 59.2 Å². The number of rotatable bonds is 3. The predicted molar refractivity (Wildman–Crippen MR) is 87.8 cm³/mol. The van der Waals surface area contributed by atoms with Crippen molar-refractivity contribution < 1.29 is 9.32 Å². The summed E-state index contributed by atoms with van der Waals surface area (Å²) in [7, 11) is 0. The second-order valence-corrected chi connectivity index (χ2v) is 7.87. The van der Waals surface area contributed by atoms with Crippen LogP contribution < -0.4 is 0 Å². The van der Waals surface area contributed by atoms with Crippen LogP contribution in [-0.2, 0) is 4.79 Å². The van der Waals surface area contributed by atoms with Gasteiger partial charge in [0.05, 0.1) is 11.8 Å². The van der Waals surface area contributed by atoms with E-state index in [1.807, 2.05) is 11.8 Å². The van der Waals surface area contributed by atoms with Gasteiger partial charge in [-0.15, -0.1) is 0 Å². The molecule has 0 unspecified atom stereocenters. The van der Waals surface area contributed by atoms with E-state index >= 15 is 0 Å². The van der Waals surface area contributed by atoms with Crippen molar-refractivity contribution in [1.82, 2.24) is 15.0 Å². The number of aromatic nitrogens is 2. The molecule has 1 saturated carbocycles. The molecular formula is C18H27N3O2. The van der Waals surface area contributed by atoms with Crippen LogP contribution in [-0.4, -0.2) is 34.0 Å². The Kier molecular flexibility index (Phi) is 4.07. The van der Waals surface area contributed by atoms with Gasteiger partial charge in [0.2, 0.25) is 11.8 Å². The third-order valence-corrected chi connectivity index (χ3v) is 5.32. The van der Waals surface area contributed by atoms with Gasteiger partial charge >= 0.3 is 0 Å². The number of carbonyl (C=O) groups excluding carboxylic acids is 1. The Morgan fingerprint density at radius 3 is 2.74 bits per heavy atom. The summed E-state index contributed by atoms with van der Waals surface area (Å²) in [6.07, 6.45) is 4.26. The van der Waals surface area contributed by atoms with Gasteiger partial charge in [0.15, 0.2) is 5.82 Å². The summed E-state index contributed by atoms with van der Waals surface area (Å²) in [6.45, 7) is 12.0. The maximum atomic E-state index is 13.0. The summed E-state index contributed by atoms with van der Waals surface area (Å²) in [4.78, 5) is 19.3. The first kappa shape index (κ1) is 16.2. The molecular weight excluding hydrogens is 290 g/mol. The quantitative estimate of drug-likeness (QED) is 0.802. The lowest BCUT2D eigenvalue weighted by atomic mass is 9.97. The van der Waals surface area contributed by atoms with Gasteiger partial charge in [-0.2, -0.15) is 4.98 Å². The van der Waals surface area contributed by atoms with Crippen LogP contribution in [0.15, 0.2) is 16.2 Å². The van der Waals surface area contributed by atoms with E-state index in [1.165, 1.54) is 5.57 Å². The zero-order valence-corrected chi connectivity index (χ0v) is 14.8. The van der Waals surface area contributed by atoms with E-state index in [9.17, 15) is 4.79 Å². The predicted octanol–water partition coefficient (Wildman–Crippen LogP) is 3.32. The Hall–Kier alpha value is -1.65. The zero-order valence-electron chi connectivity index (χ0n) is 14.8. The van der Waals surface area contributed by atoms with E-state index in [4.69, 9.17) is 4.52 Å². The molecule has 2 aliphatic rings. The monoisotopic (exact) mass is 317 g/mol. The average molecular weight is 317 g/mol. The number of hydrogen-bond acceptors (Lipinski definition) is 4. The van der Waals surface area contributed by atoms with Gasteiger partial charge in [0.1, 0.15) is 0 Å². The second-order valence-electron chi connectivity index (χ2n) is 7.87. The molecule has 126 valence electrons. The molecule has 1 aromatic heterocycles. The molecule has 1 aliphatic heterocycles. The summed E-state index contributed by atoms with van der Waals surface area (Å²) in [5, 5.41) is 3.88. The van der Waals surface area contributed by atoms with Crippen LogP contribution in [0, 0.1) is 24.2 Å². The molecule has 5 heteroatoms. The number of amides is 1. The van der Waals surface area contributed by atoms with Gasteiger partial charge in [0, 0.05) is 13.1 Å². The summed E-state index contributed by atoms with van der Waals surface area (Å²) >= 11 is 0. The molecule has 0 N–H and O–H groups in total. The Morgan fingerprint density at radius 1 is 1.39 bits per heavy atom. The molecule has 0 bridgehead atoms. The summed E-state index contributed by atoms with van der Waals surface area (Å²) in [5.74, 6) is 2.29. The molecule has 2 fully saturated rings. The van der Waals surface area contributed by atoms with Gasteiger partial charge in [-0.3, -0.25) is 4.79 Å². The molecule has 2 heterocycles. The molecule has 0 aromatic carbocycles. The van der Waals surface area contributed by atoms with E-state index in [2.05, 4.69) is 43.9 Å². The van der Waals surface area contributed by atoms with E-state index in [1.54, 1.807) is 0 Å². The molecule has 3 atom stereocenters. The third kappa shape index (κ3) is 3.06. The maximum absolute atomic E-state index is 13.0. The Morgan fingerprint density at radius 2 is 2.13 bits per heavy atom. The molecule has 0 radical (unpaired) electrons. The number of piperidine rings is 1. The highest BCUT2D eigenvalue weighted by Gasteiger charge is 2.61. The molecule has 1 aliphatic carbocycles. The second kappa shape index (κ2) is 5.77. The van der Waals surface area contributed by atoms with Gasteiger partial charge in [-0.05, 0) is 44.9 Å². The number of allylic oxidation sites excluding steroid dienone is 2. The van der Waals surface area contributed by atoms with Crippen molar-refractivity contribution in [2.45, 2.75) is 53.4 Å². The van der Waals surface area contributed by atoms with Crippen molar-refractivity contribution in [3.63, 3.8) is 0 Å². The number of hydrogen-bond donors (Lipinski definition) is 0. The first-order valence-corrected chi connectivity index (χ1v) is 8.54. The number of aryl methyl sites for hydroxylation is 1. The van der Waals surface area contributed by atoms with Gasteiger partial charge in [-0.25, -0.2) is 0 Å². The lowest BCUT2D eigenvalue weighted by Gasteiger charge is -2.31. The summed E-state index contributed by atoms with van der Waals surface area (Å²) < 4.78 is 5.31. The van der Waals surface area contributed by atoms with Crippen molar-refractivity contribution in [1.29, 1.82) is 0 Å². The normalized spacial score (nSPS) is 29.3. The van der Waals surface area contributed by atoms with Crippen LogP contribution in [0.5, 0.6) is 0 Å². The Bertz CT molecular complexity index is 628. The van der Waals surface area contributed by atoms with Crippen LogP contribution in [0.25, 0.3) is 0 Å². The largest absolute Gasteiger partial charge is 0.342 e. The lowest BCUT2D eigenvalue weighted by molar-refractivity contribution is -0.134. The standard InChI is InChI=1S/C18H27N3O2/c1-11(2)9-14-15(18(14,4)5)17(22)21-8-6-7-13(10-21)16-19-12(3)20-23-16/h9,13-15H,6-8,10H2,1-5H3/t13-,14+,15-/m0/s1. The Labute approximate surface area is 138 Å². The van der Waals surface area contributed by atoms with Gasteiger partial charge in [-0.1, -0.05) is 30.7 Å². The molecule has 0 spiro atoms. The fourth-order valence-corrected chi connectivity index (χ4v) is 3.87. The van der Waals surface area contributed by atoms with Crippen LogP contribution >= 0.6 is 0 Å². The fraction of sp³-hybridized carbons (Fsp3) is 0.722. The minimum atomic E-state index is 0.0718. The zero-order chi connectivity index (χ0) is 16.8. The Balaban J connectivity index is 1.69. The van der Waals surface area contributed by atoms with Gasteiger partial charge in [0.25, 0.3) is 0 Å². The fourth-order valence-electron chi connectivity index (χ4n) is 3.87. The SMILES string of the molecule is CC(C)=C[C@@H]1[C@@H](C(=O)N2CCC[C@H](c3nc(C)no3)C2)C1(C)C. The highest BCUT2D eigenvalue weighted by atomic mass is 16.5. The van der Waals surface area contributed by atoms with E-state index < -0.39 is 0 Å². The number of nitrogens with zero attached hydrogens (tertiary/aromatic N) is 3. The van der Waals surface area contributed by atoms with E-state index in [-0.39, 0.29) is 17.3 Å². The third-order valence-electron chi connectivity index (χ3n) is 5.32. The molecule has 3 rings (SSSR count). The van der Waals surface area contributed by atoms with Crippen LogP contribution in [0.1, 0.15) is 58.2 Å². The van der Waals surface area contributed by atoms with E-state index in [0.29, 0.717) is 30.1 Å². The van der Waals surface area contributed by atoms with Crippen LogP contribution in [0.4, 0.5) is 0 Å². The molecule has 5 nitrogen and oxygen atoms in total. The van der Waals surface area contributed by atoms with Crippen molar-refractivity contribution in [2.24, 2.45) is 17.3 Å². The smallest absolute Gasteiger partial charge is 0.231 e. The van der Waals surface area contributed by atoms with Crippen LogP contribution in [0.3, 0.4) is 0 Å². The molecule has 1 saturated heterocycles. The van der Waals surface area contributed by atoms with Crippen molar-refractivity contribution in [3.05, 3.63) is 23.4 Å². The minimum absolute atomic E-state index is 0.0718. The van der Waals surface area contributed by atoms with Gasteiger partial charge < -0.3 is 9.42 Å². The van der Waals surface area contributed by atoms with E-state index in [0.717, 1.165) is 19.4 Å². The summed E-state index contributed by atoms with van der Waals surface area (Å²) in [6, 6.07) is 0. The van der Waals surface area contributed by atoms with Crippen molar-refractivity contribution in [2.75, 3.05) is 13.1 Å². The first-order valence-electron chi connectivity index (χ1n) is 8.54.